The summed E-state index contributed by atoms with van der Waals surface area (Å²) in [5, 5.41) is 3.20. The molecule has 0 saturated carbocycles. The Morgan fingerprint density at radius 3 is 2.34 bits per heavy atom. The largest absolute Gasteiger partial charge is 0.439 e. The van der Waals surface area contributed by atoms with Gasteiger partial charge in [0.2, 0.25) is 14.9 Å². The number of furan rings is 1. The van der Waals surface area contributed by atoms with Crippen LogP contribution in [0.3, 0.4) is 0 Å². The number of sulfone groups is 1. The number of hydrogen-bond acceptors (Lipinski definition) is 5. The van der Waals surface area contributed by atoms with Gasteiger partial charge in [-0.1, -0.05) is 59.6 Å². The van der Waals surface area contributed by atoms with E-state index in [9.17, 15) is 13.2 Å². The second-order valence-corrected chi connectivity index (χ2v) is 10.2. The van der Waals surface area contributed by atoms with Gasteiger partial charge >= 0.3 is 0 Å². The van der Waals surface area contributed by atoms with Gasteiger partial charge in [0.15, 0.2) is 5.76 Å². The number of likely N-dealkylation sites (N-methyl/N-ethyl adjacent to an activating group) is 1. The molecule has 0 aliphatic carbocycles. The molecule has 0 radical (unpaired) electrons. The molecule has 32 heavy (non-hydrogen) atoms. The lowest BCUT2D eigenvalue weighted by molar-refractivity contribution is 0.0902. The summed E-state index contributed by atoms with van der Waals surface area (Å²) in [6.07, 6.45) is 0. The van der Waals surface area contributed by atoms with Crippen molar-refractivity contribution >= 4 is 43.3 Å². The highest BCUT2D eigenvalue weighted by Crippen LogP contribution is 2.28. The highest BCUT2D eigenvalue weighted by Gasteiger charge is 2.25. The Morgan fingerprint density at radius 1 is 1.06 bits per heavy atom. The fourth-order valence-electron chi connectivity index (χ4n) is 3.44. The Hall–Kier alpha value is -2.13. The van der Waals surface area contributed by atoms with Gasteiger partial charge in [-0.15, -0.1) is 0 Å². The Kier molecular flexibility index (Phi) is 8.16. The first kappa shape index (κ1) is 24.5. The third-order valence-corrected chi connectivity index (χ3v) is 7.68. The molecular formula is C23H24BrClN2O4S. The van der Waals surface area contributed by atoms with E-state index in [1.54, 1.807) is 12.1 Å². The van der Waals surface area contributed by atoms with Crippen LogP contribution in [0.4, 0.5) is 0 Å². The second-order valence-electron chi connectivity index (χ2n) is 7.04. The molecule has 6 nitrogen and oxygen atoms in total. The maximum atomic E-state index is 12.8. The van der Waals surface area contributed by atoms with Crippen LogP contribution in [0.1, 0.15) is 36.0 Å². The molecule has 1 atom stereocenters. The average molecular weight is 540 g/mol. The van der Waals surface area contributed by atoms with Crippen LogP contribution in [0.15, 0.2) is 79.5 Å². The van der Waals surface area contributed by atoms with Crippen molar-refractivity contribution in [3.8, 4) is 0 Å². The molecule has 1 N–H and O–H groups in total. The lowest BCUT2D eigenvalue weighted by Gasteiger charge is -2.30. The average Bonchev–Trinajstić information content (AvgIpc) is 3.29. The Balaban J connectivity index is 1.77. The lowest BCUT2D eigenvalue weighted by Crippen LogP contribution is -2.38. The third-order valence-electron chi connectivity index (χ3n) is 5.17. The van der Waals surface area contributed by atoms with Crippen molar-refractivity contribution in [2.75, 3.05) is 19.6 Å². The molecule has 3 aromatic rings. The molecule has 0 saturated heterocycles. The van der Waals surface area contributed by atoms with Crippen molar-refractivity contribution in [3.05, 3.63) is 81.5 Å². The first-order chi connectivity index (χ1) is 15.3. The molecule has 1 aromatic heterocycles. The van der Waals surface area contributed by atoms with Gasteiger partial charge in [0.05, 0.1) is 10.9 Å². The monoisotopic (exact) mass is 538 g/mol. The molecular weight excluding hydrogens is 516 g/mol. The van der Waals surface area contributed by atoms with Crippen molar-refractivity contribution in [1.29, 1.82) is 0 Å². The summed E-state index contributed by atoms with van der Waals surface area (Å²) in [4.78, 5) is 15.0. The van der Waals surface area contributed by atoms with Gasteiger partial charge in [-0.3, -0.25) is 9.69 Å². The molecule has 9 heteroatoms. The van der Waals surface area contributed by atoms with Gasteiger partial charge in [0.1, 0.15) is 0 Å². The van der Waals surface area contributed by atoms with Crippen LogP contribution >= 0.6 is 27.5 Å². The number of nitrogens with zero attached hydrogens (tertiary/aromatic N) is 1. The van der Waals surface area contributed by atoms with E-state index in [-0.39, 0.29) is 21.8 Å². The number of carbonyl (C=O) groups is 1. The number of benzene rings is 2. The summed E-state index contributed by atoms with van der Waals surface area (Å²) in [5.74, 6) is -0.565. The zero-order chi connectivity index (χ0) is 23.3. The van der Waals surface area contributed by atoms with Crippen molar-refractivity contribution in [1.82, 2.24) is 10.2 Å². The number of nitrogens with one attached hydrogen (secondary N) is 1. The van der Waals surface area contributed by atoms with Gasteiger partial charge in [-0.05, 0) is 61.1 Å². The summed E-state index contributed by atoms with van der Waals surface area (Å²) in [6, 6.07) is 16.3. The normalized spacial score (nSPS) is 12.7. The van der Waals surface area contributed by atoms with Crippen molar-refractivity contribution in [2.24, 2.45) is 0 Å². The highest BCUT2D eigenvalue weighted by atomic mass is 79.9. The van der Waals surface area contributed by atoms with Gasteiger partial charge in [-0.25, -0.2) is 8.42 Å². The predicted octanol–water partition coefficient (Wildman–Crippen LogP) is 5.34. The molecule has 0 fully saturated rings. The Labute approximate surface area is 201 Å². The van der Waals surface area contributed by atoms with Crippen molar-refractivity contribution in [3.63, 3.8) is 0 Å². The lowest BCUT2D eigenvalue weighted by atomic mass is 10.0. The number of amides is 1. The maximum Gasteiger partial charge on any atom is 0.287 e. The quantitative estimate of drug-likeness (QED) is 0.397. The summed E-state index contributed by atoms with van der Waals surface area (Å²) >= 11 is 9.68. The molecule has 2 aromatic carbocycles. The summed E-state index contributed by atoms with van der Waals surface area (Å²) < 4.78 is 31.7. The molecule has 0 aliphatic heterocycles. The topological polar surface area (TPSA) is 79.6 Å². The van der Waals surface area contributed by atoms with Crippen LogP contribution in [-0.2, 0) is 9.84 Å². The van der Waals surface area contributed by atoms with Crippen LogP contribution in [-0.4, -0.2) is 38.9 Å². The van der Waals surface area contributed by atoms with E-state index in [0.29, 0.717) is 11.6 Å². The molecule has 0 bridgehead atoms. The van der Waals surface area contributed by atoms with Crippen LogP contribution in [0.2, 0.25) is 5.02 Å². The van der Waals surface area contributed by atoms with Gasteiger partial charge in [0.25, 0.3) is 5.91 Å². The van der Waals surface area contributed by atoms with Crippen molar-refractivity contribution in [2.45, 2.75) is 29.9 Å². The Morgan fingerprint density at radius 2 is 1.72 bits per heavy atom. The number of halogens is 2. The Bertz CT molecular complexity index is 1170. The molecule has 1 heterocycles. The van der Waals surface area contributed by atoms with Gasteiger partial charge in [-0.2, -0.15) is 0 Å². The number of carbonyl (C=O) groups excluding carboxylic acids is 1. The van der Waals surface area contributed by atoms with Crippen LogP contribution in [0.25, 0.3) is 0 Å². The fourth-order valence-corrected chi connectivity index (χ4v) is 5.14. The van der Waals surface area contributed by atoms with E-state index in [0.717, 1.165) is 23.1 Å². The first-order valence-electron chi connectivity index (χ1n) is 10.1. The minimum Gasteiger partial charge on any atom is -0.439 e. The summed E-state index contributed by atoms with van der Waals surface area (Å²) in [5.41, 5.74) is 0.913. The summed E-state index contributed by atoms with van der Waals surface area (Å²) in [7, 11) is -3.86. The first-order valence-corrected chi connectivity index (χ1v) is 12.8. The minimum atomic E-state index is -3.86. The van der Waals surface area contributed by atoms with E-state index in [1.165, 1.54) is 24.3 Å². The molecule has 0 spiro atoms. The molecule has 1 unspecified atom stereocenters. The smallest absolute Gasteiger partial charge is 0.287 e. The van der Waals surface area contributed by atoms with Gasteiger partial charge < -0.3 is 9.73 Å². The zero-order valence-corrected chi connectivity index (χ0v) is 20.9. The molecule has 1 amide bonds. The van der Waals surface area contributed by atoms with E-state index in [2.05, 4.69) is 26.1 Å². The second kappa shape index (κ2) is 10.7. The third kappa shape index (κ3) is 5.43. The van der Waals surface area contributed by atoms with E-state index in [1.807, 2.05) is 38.1 Å². The van der Waals surface area contributed by atoms with E-state index in [4.69, 9.17) is 16.0 Å². The van der Waals surface area contributed by atoms with E-state index < -0.39 is 15.7 Å². The van der Waals surface area contributed by atoms with Crippen LogP contribution in [0, 0.1) is 0 Å². The fraction of sp³-hybridized carbons (Fsp3) is 0.261. The highest BCUT2D eigenvalue weighted by molar-refractivity contribution is 9.10. The minimum absolute atomic E-state index is 0.0712. The molecule has 0 aliphatic rings. The van der Waals surface area contributed by atoms with Crippen molar-refractivity contribution < 1.29 is 17.6 Å². The number of hydrogen-bond donors (Lipinski definition) is 1. The van der Waals surface area contributed by atoms with Gasteiger partial charge in [0, 0.05) is 16.0 Å². The standard InChI is InChI=1S/C23H24BrClN2O4S/c1-3-27(4-2)20(18-7-5-6-8-19(18)25)15-26-23(28)21-13-14-22(31-21)32(29,30)17-11-9-16(24)10-12-17/h5-14,20H,3-4,15H2,1-2H3,(H,26,28). The maximum absolute atomic E-state index is 12.8. The van der Waals surface area contributed by atoms with Crippen LogP contribution < -0.4 is 5.32 Å². The van der Waals surface area contributed by atoms with Crippen LogP contribution in [0.5, 0.6) is 0 Å². The predicted molar refractivity (Wildman–Crippen MR) is 128 cm³/mol. The summed E-state index contributed by atoms with van der Waals surface area (Å²) in [6.45, 7) is 5.93. The number of rotatable bonds is 9. The SMILES string of the molecule is CCN(CC)C(CNC(=O)c1ccc(S(=O)(=O)c2ccc(Br)cc2)o1)c1ccccc1Cl. The van der Waals surface area contributed by atoms with E-state index >= 15 is 0 Å². The molecule has 3 rings (SSSR count). The zero-order valence-electron chi connectivity index (χ0n) is 17.7. The molecule has 170 valence electrons.